The molecule has 0 aliphatic carbocycles. The summed E-state index contributed by atoms with van der Waals surface area (Å²) in [6.07, 6.45) is 0. The minimum Gasteiger partial charge on any atom is -0.485 e. The number of nitrogens with zero attached hydrogens (tertiary/aromatic N) is 4. The van der Waals surface area contributed by atoms with Crippen molar-refractivity contribution in [2.75, 3.05) is 38.6 Å². The van der Waals surface area contributed by atoms with E-state index in [2.05, 4.69) is 26.6 Å². The Bertz CT molecular complexity index is 671. The van der Waals surface area contributed by atoms with E-state index in [1.807, 2.05) is 31.2 Å². The SMILES string of the molecule is CCn1c(COc2ccccc2C)nnc1SCCN1CCOCC1. The molecule has 25 heavy (non-hydrogen) atoms. The Morgan fingerprint density at radius 1 is 1.20 bits per heavy atom. The van der Waals surface area contributed by atoms with E-state index in [1.165, 1.54) is 0 Å². The number of aryl methyl sites for hydroxylation is 1. The number of hydrogen-bond acceptors (Lipinski definition) is 6. The Labute approximate surface area is 153 Å². The first kappa shape index (κ1) is 18.2. The quantitative estimate of drug-likeness (QED) is 0.673. The number of para-hydroxylation sites is 1. The third-order valence-corrected chi connectivity index (χ3v) is 5.25. The smallest absolute Gasteiger partial charge is 0.191 e. The molecule has 6 nitrogen and oxygen atoms in total. The minimum absolute atomic E-state index is 0.440. The van der Waals surface area contributed by atoms with Gasteiger partial charge < -0.3 is 14.0 Å². The van der Waals surface area contributed by atoms with Crippen LogP contribution in [0.5, 0.6) is 5.75 Å². The molecule has 1 saturated heterocycles. The third kappa shape index (κ3) is 4.96. The molecule has 3 rings (SSSR count). The molecule has 2 heterocycles. The summed E-state index contributed by atoms with van der Waals surface area (Å²) >= 11 is 1.76. The van der Waals surface area contributed by atoms with E-state index in [-0.39, 0.29) is 0 Å². The number of benzene rings is 1. The van der Waals surface area contributed by atoms with E-state index in [0.29, 0.717) is 6.61 Å². The lowest BCUT2D eigenvalue weighted by molar-refractivity contribution is 0.0410. The largest absolute Gasteiger partial charge is 0.485 e. The van der Waals surface area contributed by atoms with Crippen molar-refractivity contribution in [3.63, 3.8) is 0 Å². The highest BCUT2D eigenvalue weighted by Crippen LogP contribution is 2.20. The summed E-state index contributed by atoms with van der Waals surface area (Å²) in [5.74, 6) is 2.78. The highest BCUT2D eigenvalue weighted by atomic mass is 32.2. The van der Waals surface area contributed by atoms with Gasteiger partial charge in [0.15, 0.2) is 11.0 Å². The highest BCUT2D eigenvalue weighted by molar-refractivity contribution is 7.99. The van der Waals surface area contributed by atoms with E-state index in [1.54, 1.807) is 11.8 Å². The first-order valence-electron chi connectivity index (χ1n) is 8.81. The standard InChI is InChI=1S/C18H26N4O2S/c1-3-22-17(14-24-16-7-5-4-6-15(16)2)19-20-18(22)25-13-10-21-8-11-23-12-9-21/h4-7H,3,8-14H2,1-2H3. The zero-order valence-electron chi connectivity index (χ0n) is 15.0. The summed E-state index contributed by atoms with van der Waals surface area (Å²) in [6, 6.07) is 8.03. The van der Waals surface area contributed by atoms with Crippen LogP contribution in [0.4, 0.5) is 0 Å². The van der Waals surface area contributed by atoms with Crippen LogP contribution in [0.25, 0.3) is 0 Å². The van der Waals surface area contributed by atoms with Crippen molar-refractivity contribution in [3.05, 3.63) is 35.7 Å². The second-order valence-corrected chi connectivity index (χ2v) is 7.06. The molecule has 1 aromatic carbocycles. The van der Waals surface area contributed by atoms with Gasteiger partial charge in [-0.3, -0.25) is 4.90 Å². The number of morpholine rings is 1. The molecular weight excluding hydrogens is 336 g/mol. The summed E-state index contributed by atoms with van der Waals surface area (Å²) in [5, 5.41) is 9.66. The highest BCUT2D eigenvalue weighted by Gasteiger charge is 2.14. The number of hydrogen-bond donors (Lipinski definition) is 0. The fourth-order valence-electron chi connectivity index (χ4n) is 2.80. The zero-order chi connectivity index (χ0) is 17.5. The minimum atomic E-state index is 0.440. The molecule has 0 spiro atoms. The molecule has 7 heteroatoms. The Balaban J connectivity index is 1.54. The van der Waals surface area contributed by atoms with E-state index in [0.717, 1.165) is 67.4 Å². The van der Waals surface area contributed by atoms with E-state index in [9.17, 15) is 0 Å². The van der Waals surface area contributed by atoms with Crippen molar-refractivity contribution in [2.24, 2.45) is 0 Å². The lowest BCUT2D eigenvalue weighted by Crippen LogP contribution is -2.37. The predicted molar refractivity (Wildman–Crippen MR) is 99.2 cm³/mol. The molecule has 136 valence electrons. The molecule has 0 atom stereocenters. The van der Waals surface area contributed by atoms with Crippen molar-refractivity contribution in [2.45, 2.75) is 32.2 Å². The van der Waals surface area contributed by atoms with E-state index in [4.69, 9.17) is 9.47 Å². The second kappa shape index (κ2) is 9.22. The molecule has 0 N–H and O–H groups in total. The average Bonchev–Trinajstić information content (AvgIpc) is 3.04. The first-order valence-corrected chi connectivity index (χ1v) is 9.80. The molecule has 1 aliphatic rings. The van der Waals surface area contributed by atoms with Crippen molar-refractivity contribution in [3.8, 4) is 5.75 Å². The van der Waals surface area contributed by atoms with Gasteiger partial charge in [0, 0.05) is 31.9 Å². The number of aromatic nitrogens is 3. The maximum Gasteiger partial charge on any atom is 0.191 e. The molecular formula is C18H26N4O2S. The van der Waals surface area contributed by atoms with Gasteiger partial charge in [0.25, 0.3) is 0 Å². The van der Waals surface area contributed by atoms with Crippen LogP contribution in [0.15, 0.2) is 29.4 Å². The molecule has 2 aromatic rings. The molecule has 1 fully saturated rings. The fraction of sp³-hybridized carbons (Fsp3) is 0.556. The van der Waals surface area contributed by atoms with Gasteiger partial charge in [0.1, 0.15) is 12.4 Å². The van der Waals surface area contributed by atoms with Gasteiger partial charge in [-0.15, -0.1) is 10.2 Å². The van der Waals surface area contributed by atoms with E-state index < -0.39 is 0 Å². The Morgan fingerprint density at radius 3 is 2.76 bits per heavy atom. The molecule has 1 aromatic heterocycles. The van der Waals surface area contributed by atoms with Crippen LogP contribution in [0.2, 0.25) is 0 Å². The van der Waals surface area contributed by atoms with Crippen molar-refractivity contribution in [1.29, 1.82) is 0 Å². The number of rotatable bonds is 8. The van der Waals surface area contributed by atoms with Gasteiger partial charge in [-0.05, 0) is 25.5 Å². The zero-order valence-corrected chi connectivity index (χ0v) is 15.8. The Hall–Kier alpha value is -1.57. The lowest BCUT2D eigenvalue weighted by atomic mass is 10.2. The maximum atomic E-state index is 5.92. The predicted octanol–water partition coefficient (Wildman–Crippen LogP) is 2.61. The van der Waals surface area contributed by atoms with Crippen LogP contribution in [-0.4, -0.2) is 58.3 Å². The normalized spacial score (nSPS) is 15.4. The molecule has 0 unspecified atom stereocenters. The molecule has 0 saturated carbocycles. The summed E-state index contributed by atoms with van der Waals surface area (Å²) in [6.45, 7) is 10.2. The van der Waals surface area contributed by atoms with Crippen molar-refractivity contribution in [1.82, 2.24) is 19.7 Å². The molecule has 1 aliphatic heterocycles. The number of thioether (sulfide) groups is 1. The van der Waals surface area contributed by atoms with Gasteiger partial charge in [0.05, 0.1) is 13.2 Å². The maximum absolute atomic E-state index is 5.92. The lowest BCUT2D eigenvalue weighted by Gasteiger charge is -2.26. The summed E-state index contributed by atoms with van der Waals surface area (Å²) in [4.78, 5) is 2.44. The van der Waals surface area contributed by atoms with E-state index >= 15 is 0 Å². The summed E-state index contributed by atoms with van der Waals surface area (Å²) < 4.78 is 13.5. The van der Waals surface area contributed by atoms with Crippen LogP contribution < -0.4 is 4.74 Å². The monoisotopic (exact) mass is 362 g/mol. The Kier molecular flexibility index (Phi) is 6.72. The van der Waals surface area contributed by atoms with Crippen LogP contribution >= 0.6 is 11.8 Å². The van der Waals surface area contributed by atoms with Gasteiger partial charge in [-0.25, -0.2) is 0 Å². The first-order chi connectivity index (χ1) is 12.3. The van der Waals surface area contributed by atoms with Crippen LogP contribution in [-0.2, 0) is 17.9 Å². The fourth-order valence-corrected chi connectivity index (χ4v) is 3.82. The van der Waals surface area contributed by atoms with Crippen LogP contribution in [0.3, 0.4) is 0 Å². The van der Waals surface area contributed by atoms with Gasteiger partial charge >= 0.3 is 0 Å². The van der Waals surface area contributed by atoms with Crippen molar-refractivity contribution < 1.29 is 9.47 Å². The second-order valence-electron chi connectivity index (χ2n) is 6.00. The van der Waals surface area contributed by atoms with Gasteiger partial charge in [0.2, 0.25) is 0 Å². The molecule has 0 radical (unpaired) electrons. The summed E-state index contributed by atoms with van der Waals surface area (Å²) in [7, 11) is 0. The summed E-state index contributed by atoms with van der Waals surface area (Å²) in [5.41, 5.74) is 1.13. The third-order valence-electron chi connectivity index (χ3n) is 4.30. The molecule has 0 bridgehead atoms. The molecule has 0 amide bonds. The van der Waals surface area contributed by atoms with Gasteiger partial charge in [-0.1, -0.05) is 30.0 Å². The van der Waals surface area contributed by atoms with Gasteiger partial charge in [-0.2, -0.15) is 0 Å². The average molecular weight is 362 g/mol. The van der Waals surface area contributed by atoms with Crippen molar-refractivity contribution >= 4 is 11.8 Å². The van der Waals surface area contributed by atoms with Crippen LogP contribution in [0, 0.1) is 6.92 Å². The topological polar surface area (TPSA) is 52.4 Å². The van der Waals surface area contributed by atoms with Crippen LogP contribution in [0.1, 0.15) is 18.3 Å². The Morgan fingerprint density at radius 2 is 2.00 bits per heavy atom. The number of ether oxygens (including phenoxy) is 2.